The second-order valence-corrected chi connectivity index (χ2v) is 7.14. The van der Waals surface area contributed by atoms with Crippen LogP contribution in [0, 0.1) is 13.8 Å². The van der Waals surface area contributed by atoms with Gasteiger partial charge in [0.25, 0.3) is 5.56 Å². The molecule has 4 rings (SSSR count). The molecule has 154 valence electrons. The zero-order valence-electron chi connectivity index (χ0n) is 16.9. The van der Waals surface area contributed by atoms with E-state index in [9.17, 15) is 9.90 Å². The number of fused-ring (bicyclic) bond motifs is 1. The molecule has 0 aliphatic heterocycles. The summed E-state index contributed by atoms with van der Waals surface area (Å²) in [5.74, 6) is 2.10. The summed E-state index contributed by atoms with van der Waals surface area (Å²) in [4.78, 5) is 12.1. The van der Waals surface area contributed by atoms with E-state index in [2.05, 4.69) is 5.10 Å². The third kappa shape index (κ3) is 4.36. The molecule has 2 aromatic heterocycles. The minimum Gasteiger partial charge on any atom is -0.491 e. The second kappa shape index (κ2) is 8.42. The maximum absolute atomic E-state index is 12.1. The molecule has 0 aliphatic rings. The summed E-state index contributed by atoms with van der Waals surface area (Å²) in [6, 6.07) is 20.1. The lowest BCUT2D eigenvalue weighted by Crippen LogP contribution is -2.27. The third-order valence-corrected chi connectivity index (χ3v) is 4.69. The van der Waals surface area contributed by atoms with Crippen molar-refractivity contribution in [3.8, 4) is 17.2 Å². The molecule has 4 aromatic rings. The highest BCUT2D eigenvalue weighted by Gasteiger charge is 2.13. The standard InChI is InChI=1S/C23H23N3O4/c1-16-12-22-25(17(2)13-23(28)26(22)24-16)14-18(27)15-29-19-8-10-21(11-9-19)30-20-6-4-3-5-7-20/h3-13,18,27H,14-15H2,1-2H3. The van der Waals surface area contributed by atoms with Crippen molar-refractivity contribution < 1.29 is 14.6 Å². The molecule has 1 atom stereocenters. The normalized spacial score (nSPS) is 12.1. The monoisotopic (exact) mass is 405 g/mol. The number of aliphatic hydroxyl groups is 1. The number of hydrogen-bond acceptors (Lipinski definition) is 5. The van der Waals surface area contributed by atoms with Gasteiger partial charge in [-0.3, -0.25) is 4.79 Å². The molecule has 0 amide bonds. The molecule has 2 aromatic carbocycles. The van der Waals surface area contributed by atoms with Gasteiger partial charge >= 0.3 is 0 Å². The van der Waals surface area contributed by atoms with E-state index in [1.54, 1.807) is 12.1 Å². The van der Waals surface area contributed by atoms with E-state index in [1.165, 1.54) is 10.6 Å². The maximum Gasteiger partial charge on any atom is 0.274 e. The highest BCUT2D eigenvalue weighted by Crippen LogP contribution is 2.23. The molecule has 0 fully saturated rings. The Morgan fingerprint density at radius 1 is 0.967 bits per heavy atom. The van der Waals surface area contributed by atoms with E-state index in [0.29, 0.717) is 17.1 Å². The van der Waals surface area contributed by atoms with Crippen molar-refractivity contribution in [1.82, 2.24) is 14.2 Å². The molecule has 0 radical (unpaired) electrons. The van der Waals surface area contributed by atoms with Gasteiger partial charge in [-0.15, -0.1) is 0 Å². The molecule has 0 saturated carbocycles. The minimum atomic E-state index is -0.759. The van der Waals surface area contributed by atoms with Crippen LogP contribution in [0.4, 0.5) is 0 Å². The van der Waals surface area contributed by atoms with Gasteiger partial charge in [-0.05, 0) is 50.2 Å². The SMILES string of the molecule is Cc1cc2n(CC(O)COc3ccc(Oc4ccccc4)cc3)c(C)cc(=O)n2n1. The first-order valence-corrected chi connectivity index (χ1v) is 9.70. The van der Waals surface area contributed by atoms with Crippen molar-refractivity contribution in [1.29, 1.82) is 0 Å². The van der Waals surface area contributed by atoms with E-state index in [4.69, 9.17) is 9.47 Å². The largest absolute Gasteiger partial charge is 0.491 e. The summed E-state index contributed by atoms with van der Waals surface area (Å²) >= 11 is 0. The van der Waals surface area contributed by atoms with Crippen LogP contribution < -0.4 is 15.0 Å². The highest BCUT2D eigenvalue weighted by molar-refractivity contribution is 5.41. The van der Waals surface area contributed by atoms with Gasteiger partial charge < -0.3 is 19.1 Å². The molecule has 30 heavy (non-hydrogen) atoms. The van der Waals surface area contributed by atoms with Gasteiger partial charge in [0.2, 0.25) is 0 Å². The summed E-state index contributed by atoms with van der Waals surface area (Å²) in [7, 11) is 0. The van der Waals surface area contributed by atoms with E-state index in [0.717, 1.165) is 17.1 Å². The number of nitrogens with zero attached hydrogens (tertiary/aromatic N) is 3. The summed E-state index contributed by atoms with van der Waals surface area (Å²) in [6.45, 7) is 4.07. The molecule has 7 heteroatoms. The Balaban J connectivity index is 1.39. The zero-order valence-corrected chi connectivity index (χ0v) is 16.9. The molecule has 1 N–H and O–H groups in total. The number of ether oxygens (including phenoxy) is 2. The fraction of sp³-hybridized carbons (Fsp3) is 0.217. The van der Waals surface area contributed by atoms with Crippen molar-refractivity contribution in [2.75, 3.05) is 6.61 Å². The number of aliphatic hydroxyl groups excluding tert-OH is 1. The van der Waals surface area contributed by atoms with Crippen LogP contribution in [0.15, 0.2) is 71.5 Å². The Bertz CT molecular complexity index is 1200. The molecule has 7 nitrogen and oxygen atoms in total. The Hall–Kier alpha value is -3.58. The van der Waals surface area contributed by atoms with Crippen molar-refractivity contribution in [3.63, 3.8) is 0 Å². The third-order valence-electron chi connectivity index (χ3n) is 4.69. The van der Waals surface area contributed by atoms with Gasteiger partial charge in [-0.25, -0.2) is 0 Å². The number of aryl methyl sites for hydroxylation is 2. The first-order valence-electron chi connectivity index (χ1n) is 9.70. The van der Waals surface area contributed by atoms with E-state index >= 15 is 0 Å². The van der Waals surface area contributed by atoms with Crippen LogP contribution in [0.25, 0.3) is 5.65 Å². The van der Waals surface area contributed by atoms with Gasteiger partial charge in [-0.1, -0.05) is 18.2 Å². The predicted molar refractivity (Wildman–Crippen MR) is 113 cm³/mol. The van der Waals surface area contributed by atoms with Crippen LogP contribution in [0.2, 0.25) is 0 Å². The summed E-state index contributed by atoms with van der Waals surface area (Å²) in [6.07, 6.45) is -0.759. The van der Waals surface area contributed by atoms with Crippen LogP contribution in [0.5, 0.6) is 17.2 Å². The molecule has 1 unspecified atom stereocenters. The Morgan fingerprint density at radius 3 is 2.37 bits per heavy atom. The van der Waals surface area contributed by atoms with Gasteiger partial charge in [-0.2, -0.15) is 9.61 Å². The fourth-order valence-corrected chi connectivity index (χ4v) is 3.26. The van der Waals surface area contributed by atoms with Gasteiger partial charge in [0.1, 0.15) is 35.6 Å². The van der Waals surface area contributed by atoms with Crippen molar-refractivity contribution >= 4 is 5.65 Å². The predicted octanol–water partition coefficient (Wildman–Crippen LogP) is 3.35. The lowest BCUT2D eigenvalue weighted by Gasteiger charge is -2.17. The molecular weight excluding hydrogens is 382 g/mol. The maximum atomic E-state index is 12.1. The number of para-hydroxylation sites is 1. The van der Waals surface area contributed by atoms with Gasteiger partial charge in [0, 0.05) is 17.8 Å². The van der Waals surface area contributed by atoms with Crippen molar-refractivity contribution in [2.45, 2.75) is 26.5 Å². The summed E-state index contributed by atoms with van der Waals surface area (Å²) in [5.41, 5.74) is 1.97. The lowest BCUT2D eigenvalue weighted by atomic mass is 10.3. The summed E-state index contributed by atoms with van der Waals surface area (Å²) < 4.78 is 14.7. The fourth-order valence-electron chi connectivity index (χ4n) is 3.26. The molecular formula is C23H23N3O4. The van der Waals surface area contributed by atoms with Crippen molar-refractivity contribution in [3.05, 3.63) is 88.5 Å². The Kier molecular flexibility index (Phi) is 5.54. The molecule has 2 heterocycles. The first-order chi connectivity index (χ1) is 14.5. The van der Waals surface area contributed by atoms with Crippen LogP contribution >= 0.6 is 0 Å². The van der Waals surface area contributed by atoms with Crippen LogP contribution in [-0.2, 0) is 6.54 Å². The topological polar surface area (TPSA) is 78.0 Å². The lowest BCUT2D eigenvalue weighted by molar-refractivity contribution is 0.0926. The Labute approximate surface area is 173 Å². The molecule has 0 saturated heterocycles. The smallest absolute Gasteiger partial charge is 0.274 e. The molecule has 0 aliphatic carbocycles. The average molecular weight is 405 g/mol. The minimum absolute atomic E-state index is 0.115. The number of rotatable bonds is 7. The van der Waals surface area contributed by atoms with Gasteiger partial charge in [0.05, 0.1) is 12.2 Å². The van der Waals surface area contributed by atoms with Crippen molar-refractivity contribution in [2.24, 2.45) is 0 Å². The quantitative estimate of drug-likeness (QED) is 0.510. The average Bonchev–Trinajstić information content (AvgIpc) is 3.13. The van der Waals surface area contributed by atoms with E-state index in [-0.39, 0.29) is 18.7 Å². The first kappa shape index (κ1) is 19.7. The van der Waals surface area contributed by atoms with Crippen LogP contribution in [0.3, 0.4) is 0 Å². The van der Waals surface area contributed by atoms with Crippen LogP contribution in [-0.4, -0.2) is 32.0 Å². The van der Waals surface area contributed by atoms with Crippen LogP contribution in [0.1, 0.15) is 11.4 Å². The summed E-state index contributed by atoms with van der Waals surface area (Å²) in [5, 5.41) is 14.7. The highest BCUT2D eigenvalue weighted by atomic mass is 16.5. The molecule has 0 spiro atoms. The number of aromatic nitrogens is 3. The van der Waals surface area contributed by atoms with Gasteiger partial charge in [0.15, 0.2) is 0 Å². The number of hydrogen-bond donors (Lipinski definition) is 1. The number of benzene rings is 2. The van der Waals surface area contributed by atoms with E-state index < -0.39 is 6.10 Å². The Morgan fingerprint density at radius 2 is 1.63 bits per heavy atom. The van der Waals surface area contributed by atoms with E-state index in [1.807, 2.05) is 66.9 Å². The molecule has 0 bridgehead atoms. The zero-order chi connectivity index (χ0) is 21.1. The second-order valence-electron chi connectivity index (χ2n) is 7.14.